The topological polar surface area (TPSA) is 97.9 Å². The van der Waals surface area contributed by atoms with Crippen molar-refractivity contribution >= 4 is 5.91 Å². The summed E-state index contributed by atoms with van der Waals surface area (Å²) < 4.78 is 1.56. The molecule has 6 nitrogen and oxygen atoms in total. The number of nitrogens with two attached hydrogens (primary N) is 1. The van der Waals surface area contributed by atoms with Crippen molar-refractivity contribution in [2.45, 2.75) is 45.6 Å². The van der Waals surface area contributed by atoms with Crippen molar-refractivity contribution in [3.05, 3.63) is 68.0 Å². The van der Waals surface area contributed by atoms with Crippen LogP contribution in [0.15, 0.2) is 39.9 Å². The molecule has 0 saturated heterocycles. The highest BCUT2D eigenvalue weighted by atomic mass is 16.2. The Hall–Kier alpha value is -2.63. The molecule has 0 spiro atoms. The predicted octanol–water partition coefficient (Wildman–Crippen LogP) is 1.52. The van der Waals surface area contributed by atoms with E-state index >= 15 is 0 Å². The van der Waals surface area contributed by atoms with Gasteiger partial charge in [0.15, 0.2) is 0 Å². The van der Waals surface area contributed by atoms with Gasteiger partial charge in [0.25, 0.3) is 5.56 Å². The highest BCUT2D eigenvalue weighted by Crippen LogP contribution is 2.18. The molecule has 1 amide bonds. The van der Waals surface area contributed by atoms with Crippen LogP contribution in [0.25, 0.3) is 0 Å². The van der Waals surface area contributed by atoms with Gasteiger partial charge >= 0.3 is 5.69 Å². The number of carbonyl (C=O) groups is 1. The summed E-state index contributed by atoms with van der Waals surface area (Å²) in [5.74, 6) is -0.420. The highest BCUT2D eigenvalue weighted by molar-refractivity contribution is 5.73. The molecule has 0 aliphatic rings. The van der Waals surface area contributed by atoms with Crippen molar-refractivity contribution in [1.82, 2.24) is 9.55 Å². The second-order valence-corrected chi connectivity index (χ2v) is 6.16. The van der Waals surface area contributed by atoms with E-state index in [0.29, 0.717) is 30.6 Å². The Labute approximate surface area is 140 Å². The van der Waals surface area contributed by atoms with Crippen LogP contribution in [0.5, 0.6) is 0 Å². The van der Waals surface area contributed by atoms with Gasteiger partial charge in [0.05, 0.1) is 0 Å². The molecule has 2 rings (SSSR count). The van der Waals surface area contributed by atoms with Crippen molar-refractivity contribution in [3.8, 4) is 0 Å². The number of amides is 1. The molecule has 0 unspecified atom stereocenters. The van der Waals surface area contributed by atoms with Gasteiger partial charge in [0, 0.05) is 30.6 Å². The minimum Gasteiger partial charge on any atom is -0.370 e. The first-order valence-electron chi connectivity index (χ1n) is 8.08. The van der Waals surface area contributed by atoms with Crippen molar-refractivity contribution in [2.24, 2.45) is 5.73 Å². The molecule has 0 aliphatic heterocycles. The molecular weight excluding hydrogens is 306 g/mol. The highest BCUT2D eigenvalue weighted by Gasteiger charge is 2.18. The molecule has 24 heavy (non-hydrogen) atoms. The largest absolute Gasteiger partial charge is 0.370 e. The number of aromatic amines is 1. The number of hydrogen-bond acceptors (Lipinski definition) is 3. The number of rotatable bonds is 7. The maximum absolute atomic E-state index is 12.3. The monoisotopic (exact) mass is 329 g/mol. The molecule has 1 aromatic carbocycles. The summed E-state index contributed by atoms with van der Waals surface area (Å²) in [6, 6.07) is 9.69. The minimum atomic E-state index is -0.445. The predicted molar refractivity (Wildman–Crippen MR) is 93.1 cm³/mol. The standard InChI is InChI=1S/C18H23N3O3/c1-12(2)16-14(11-13-7-4-3-5-8-13)21(10-6-9-15(19)22)18(24)20-17(16)23/h3-5,7-8,12H,6,9-11H2,1-2H3,(H2,19,22)(H,20,23,24). The molecule has 1 heterocycles. The number of nitrogens with one attached hydrogen (secondary N) is 1. The van der Waals surface area contributed by atoms with Gasteiger partial charge in [0.2, 0.25) is 5.91 Å². The lowest BCUT2D eigenvalue weighted by Crippen LogP contribution is -2.36. The lowest BCUT2D eigenvalue weighted by molar-refractivity contribution is -0.118. The number of primary amides is 1. The minimum absolute atomic E-state index is 0.0181. The van der Waals surface area contributed by atoms with Crippen molar-refractivity contribution in [2.75, 3.05) is 0 Å². The van der Waals surface area contributed by atoms with Gasteiger partial charge in [0.1, 0.15) is 0 Å². The first-order valence-corrected chi connectivity index (χ1v) is 8.08. The van der Waals surface area contributed by atoms with Gasteiger partial charge in [-0.1, -0.05) is 44.2 Å². The third-order valence-electron chi connectivity index (χ3n) is 3.94. The van der Waals surface area contributed by atoms with Gasteiger partial charge < -0.3 is 5.73 Å². The van der Waals surface area contributed by atoms with Gasteiger partial charge in [-0.3, -0.25) is 19.1 Å². The molecule has 0 radical (unpaired) electrons. The second kappa shape index (κ2) is 7.77. The molecular formula is C18H23N3O3. The molecule has 1 aromatic heterocycles. The molecule has 0 fully saturated rings. The molecule has 0 aliphatic carbocycles. The number of H-pyrrole nitrogens is 1. The molecule has 128 valence electrons. The van der Waals surface area contributed by atoms with Gasteiger partial charge in [-0.2, -0.15) is 0 Å². The molecule has 0 atom stereocenters. The fourth-order valence-electron chi connectivity index (χ4n) is 2.85. The van der Waals surface area contributed by atoms with Crippen LogP contribution >= 0.6 is 0 Å². The van der Waals surface area contributed by atoms with E-state index in [4.69, 9.17) is 5.73 Å². The quantitative estimate of drug-likeness (QED) is 0.805. The van der Waals surface area contributed by atoms with E-state index in [1.54, 1.807) is 4.57 Å². The SMILES string of the molecule is CC(C)c1c(Cc2ccccc2)n(CCCC(N)=O)c(=O)[nH]c1=O. The average Bonchev–Trinajstić information content (AvgIpc) is 2.50. The maximum atomic E-state index is 12.3. The van der Waals surface area contributed by atoms with E-state index < -0.39 is 11.6 Å². The Kier molecular flexibility index (Phi) is 5.73. The molecule has 6 heteroatoms. The summed E-state index contributed by atoms with van der Waals surface area (Å²) in [4.78, 5) is 37.9. The Morgan fingerprint density at radius 1 is 1.21 bits per heavy atom. The lowest BCUT2D eigenvalue weighted by Gasteiger charge is -2.18. The van der Waals surface area contributed by atoms with Gasteiger partial charge in [-0.15, -0.1) is 0 Å². The summed E-state index contributed by atoms with van der Waals surface area (Å²) >= 11 is 0. The molecule has 0 saturated carbocycles. The van der Waals surface area contributed by atoms with Crippen LogP contribution in [-0.2, 0) is 17.8 Å². The van der Waals surface area contributed by atoms with E-state index in [-0.39, 0.29) is 17.9 Å². The molecule has 2 aromatic rings. The van der Waals surface area contributed by atoms with Crippen LogP contribution in [0.1, 0.15) is 49.4 Å². The summed E-state index contributed by atoms with van der Waals surface area (Å²) in [5.41, 5.74) is 6.72. The number of aromatic nitrogens is 2. The summed E-state index contributed by atoms with van der Waals surface area (Å²) in [6.07, 6.45) is 1.15. The first-order chi connectivity index (χ1) is 11.4. The zero-order chi connectivity index (χ0) is 17.7. The van der Waals surface area contributed by atoms with Crippen LogP contribution in [0, 0.1) is 0 Å². The first kappa shape index (κ1) is 17.7. The zero-order valence-electron chi connectivity index (χ0n) is 14.0. The molecule has 0 bridgehead atoms. The Balaban J connectivity index is 2.51. The van der Waals surface area contributed by atoms with Crippen LogP contribution in [-0.4, -0.2) is 15.5 Å². The van der Waals surface area contributed by atoms with Crippen LogP contribution in [0.2, 0.25) is 0 Å². The third-order valence-corrected chi connectivity index (χ3v) is 3.94. The number of hydrogen-bond donors (Lipinski definition) is 2. The van der Waals surface area contributed by atoms with Gasteiger partial charge in [-0.05, 0) is 17.9 Å². The Morgan fingerprint density at radius 3 is 2.46 bits per heavy atom. The summed E-state index contributed by atoms with van der Waals surface area (Å²) in [5, 5.41) is 0. The van der Waals surface area contributed by atoms with E-state index in [0.717, 1.165) is 5.56 Å². The number of nitrogens with zero attached hydrogens (tertiary/aromatic N) is 1. The Bertz CT molecular complexity index is 820. The summed E-state index contributed by atoms with van der Waals surface area (Å²) in [7, 11) is 0. The van der Waals surface area contributed by atoms with Crippen molar-refractivity contribution < 1.29 is 4.79 Å². The maximum Gasteiger partial charge on any atom is 0.328 e. The zero-order valence-corrected chi connectivity index (χ0v) is 14.0. The van der Waals surface area contributed by atoms with E-state index in [2.05, 4.69) is 4.98 Å². The molecule has 3 N–H and O–H groups in total. The van der Waals surface area contributed by atoms with Crippen molar-refractivity contribution in [3.63, 3.8) is 0 Å². The van der Waals surface area contributed by atoms with Gasteiger partial charge in [-0.25, -0.2) is 4.79 Å². The van der Waals surface area contributed by atoms with Crippen LogP contribution < -0.4 is 17.0 Å². The smallest absolute Gasteiger partial charge is 0.328 e. The van der Waals surface area contributed by atoms with E-state index in [1.165, 1.54) is 0 Å². The third kappa shape index (κ3) is 4.22. The van der Waals surface area contributed by atoms with E-state index in [1.807, 2.05) is 44.2 Å². The summed E-state index contributed by atoms with van der Waals surface area (Å²) in [6.45, 7) is 4.20. The normalized spacial score (nSPS) is 11.0. The lowest BCUT2D eigenvalue weighted by atomic mass is 9.98. The van der Waals surface area contributed by atoms with Crippen LogP contribution in [0.3, 0.4) is 0 Å². The fraction of sp³-hybridized carbons (Fsp3) is 0.389. The second-order valence-electron chi connectivity index (χ2n) is 6.16. The fourth-order valence-corrected chi connectivity index (χ4v) is 2.85. The Morgan fingerprint density at radius 2 is 1.88 bits per heavy atom. The van der Waals surface area contributed by atoms with E-state index in [9.17, 15) is 14.4 Å². The van der Waals surface area contributed by atoms with Crippen molar-refractivity contribution in [1.29, 1.82) is 0 Å². The number of benzene rings is 1. The number of carbonyl (C=O) groups excluding carboxylic acids is 1. The average molecular weight is 329 g/mol. The van der Waals surface area contributed by atoms with Crippen LogP contribution in [0.4, 0.5) is 0 Å².